The molecule has 30 heavy (non-hydrogen) atoms. The zero-order valence-electron chi connectivity index (χ0n) is 18.4. The van der Waals surface area contributed by atoms with E-state index in [1.54, 1.807) is 0 Å². The highest BCUT2D eigenvalue weighted by atomic mass is 16.5. The van der Waals surface area contributed by atoms with Gasteiger partial charge in [-0.05, 0) is 61.9 Å². The van der Waals surface area contributed by atoms with E-state index in [0.717, 1.165) is 41.4 Å². The lowest BCUT2D eigenvalue weighted by Crippen LogP contribution is -2.28. The van der Waals surface area contributed by atoms with Gasteiger partial charge in [0.25, 0.3) is 0 Å². The Morgan fingerprint density at radius 2 is 2.10 bits per heavy atom. The summed E-state index contributed by atoms with van der Waals surface area (Å²) in [4.78, 5) is 23.6. The summed E-state index contributed by atoms with van der Waals surface area (Å²) in [5, 5.41) is 10.4. The largest absolute Gasteiger partial charge is 0.492 e. The van der Waals surface area contributed by atoms with Crippen molar-refractivity contribution in [1.29, 1.82) is 0 Å². The smallest absolute Gasteiger partial charge is 0.224 e. The summed E-state index contributed by atoms with van der Waals surface area (Å²) >= 11 is 0. The monoisotopic (exact) mass is 412 g/mol. The number of aromatic nitrogens is 2. The number of carbonyl (C=O) groups excluding carboxylic acids is 2. The number of hydrogen-bond acceptors (Lipinski definition) is 4. The van der Waals surface area contributed by atoms with E-state index in [0.29, 0.717) is 38.3 Å². The van der Waals surface area contributed by atoms with Gasteiger partial charge in [0.1, 0.15) is 12.4 Å². The molecule has 2 N–H and O–H groups in total. The molecule has 0 spiro atoms. The lowest BCUT2D eigenvalue weighted by atomic mass is 10.0. The second kappa shape index (κ2) is 9.78. The van der Waals surface area contributed by atoms with Crippen LogP contribution in [-0.4, -0.2) is 34.7 Å². The number of amides is 2. The van der Waals surface area contributed by atoms with Crippen molar-refractivity contribution >= 4 is 17.5 Å². The van der Waals surface area contributed by atoms with Gasteiger partial charge in [0.05, 0.1) is 12.2 Å². The quantitative estimate of drug-likeness (QED) is 0.620. The first-order valence-electron chi connectivity index (χ1n) is 10.7. The second-order valence-corrected chi connectivity index (χ2v) is 8.29. The second-order valence-electron chi connectivity index (χ2n) is 8.29. The maximum atomic E-state index is 12.2. The van der Waals surface area contributed by atoms with Crippen molar-refractivity contribution in [2.24, 2.45) is 5.92 Å². The molecular formula is C23H32N4O3. The molecule has 7 nitrogen and oxygen atoms in total. The predicted octanol–water partition coefficient (Wildman–Crippen LogP) is 3.17. The normalized spacial score (nSPS) is 13.2. The van der Waals surface area contributed by atoms with Crippen LogP contribution < -0.4 is 15.4 Å². The van der Waals surface area contributed by atoms with Crippen LogP contribution >= 0.6 is 0 Å². The summed E-state index contributed by atoms with van der Waals surface area (Å²) in [5.41, 5.74) is 5.27. The van der Waals surface area contributed by atoms with Crippen molar-refractivity contribution < 1.29 is 14.3 Å². The van der Waals surface area contributed by atoms with Crippen LogP contribution in [0.25, 0.3) is 0 Å². The lowest BCUT2D eigenvalue weighted by molar-refractivity contribution is -0.121. The van der Waals surface area contributed by atoms with Crippen molar-refractivity contribution in [2.45, 2.75) is 59.9 Å². The first-order chi connectivity index (χ1) is 14.3. The maximum Gasteiger partial charge on any atom is 0.224 e. The van der Waals surface area contributed by atoms with Crippen LogP contribution in [0.5, 0.6) is 5.75 Å². The Kier molecular flexibility index (Phi) is 7.13. The molecule has 0 aliphatic carbocycles. The number of rotatable bonds is 9. The Labute approximate surface area is 178 Å². The fourth-order valence-electron chi connectivity index (χ4n) is 3.76. The number of anilines is 1. The molecule has 1 aliphatic heterocycles. The molecular weight excluding hydrogens is 380 g/mol. The highest BCUT2D eigenvalue weighted by Crippen LogP contribution is 2.26. The summed E-state index contributed by atoms with van der Waals surface area (Å²) in [5.74, 6) is 1.36. The van der Waals surface area contributed by atoms with Crippen molar-refractivity contribution in [1.82, 2.24) is 15.1 Å². The van der Waals surface area contributed by atoms with Crippen LogP contribution in [0.3, 0.4) is 0 Å². The number of nitrogens with zero attached hydrogens (tertiary/aromatic N) is 2. The molecule has 1 aliphatic rings. The minimum atomic E-state index is 0.0159. The average Bonchev–Trinajstić information content (AvgIpc) is 2.95. The molecule has 2 aromatic rings. The van der Waals surface area contributed by atoms with E-state index >= 15 is 0 Å². The standard InChI is InChI=1S/C23H32N4O3/c1-15(2)14-27-17(4)20(16(3)26-27)7-10-22(28)24-11-12-30-19-6-8-21-18(13-19)5-9-23(29)25-21/h6,8,13,15H,5,7,9-12,14H2,1-4H3,(H,24,28)(H,25,29). The van der Waals surface area contributed by atoms with Crippen molar-refractivity contribution in [2.75, 3.05) is 18.5 Å². The van der Waals surface area contributed by atoms with Gasteiger partial charge < -0.3 is 15.4 Å². The first-order valence-corrected chi connectivity index (χ1v) is 10.7. The minimum absolute atomic E-state index is 0.0159. The number of benzene rings is 1. The summed E-state index contributed by atoms with van der Waals surface area (Å²) in [6, 6.07) is 5.66. The Bertz CT molecular complexity index is 917. The lowest BCUT2D eigenvalue weighted by Gasteiger charge is -2.17. The molecule has 0 fully saturated rings. The predicted molar refractivity (Wildman–Crippen MR) is 117 cm³/mol. The zero-order chi connectivity index (χ0) is 21.7. The van der Waals surface area contributed by atoms with E-state index in [1.165, 1.54) is 5.56 Å². The summed E-state index contributed by atoms with van der Waals surface area (Å²) < 4.78 is 7.80. The van der Waals surface area contributed by atoms with E-state index in [2.05, 4.69) is 36.5 Å². The minimum Gasteiger partial charge on any atom is -0.492 e. The molecule has 2 amide bonds. The third kappa shape index (κ3) is 5.62. The average molecular weight is 413 g/mol. The van der Waals surface area contributed by atoms with Gasteiger partial charge in [-0.1, -0.05) is 13.8 Å². The van der Waals surface area contributed by atoms with Crippen molar-refractivity contribution in [3.63, 3.8) is 0 Å². The van der Waals surface area contributed by atoms with Gasteiger partial charge in [-0.15, -0.1) is 0 Å². The molecule has 0 saturated carbocycles. The van der Waals surface area contributed by atoms with Gasteiger partial charge in [-0.2, -0.15) is 5.10 Å². The molecule has 0 bridgehead atoms. The SMILES string of the molecule is Cc1nn(CC(C)C)c(C)c1CCC(=O)NCCOc1ccc2c(c1)CCC(=O)N2. The van der Waals surface area contributed by atoms with Crippen LogP contribution in [-0.2, 0) is 29.0 Å². The number of hydrogen-bond donors (Lipinski definition) is 2. The Morgan fingerprint density at radius 1 is 1.30 bits per heavy atom. The van der Waals surface area contributed by atoms with Gasteiger partial charge in [-0.3, -0.25) is 14.3 Å². The van der Waals surface area contributed by atoms with E-state index in [9.17, 15) is 9.59 Å². The topological polar surface area (TPSA) is 85.2 Å². The molecule has 0 radical (unpaired) electrons. The summed E-state index contributed by atoms with van der Waals surface area (Å²) in [7, 11) is 0. The van der Waals surface area contributed by atoms with Crippen molar-refractivity contribution in [3.05, 3.63) is 40.7 Å². The van der Waals surface area contributed by atoms with Gasteiger partial charge >= 0.3 is 0 Å². The molecule has 0 unspecified atom stereocenters. The third-order valence-corrected chi connectivity index (χ3v) is 5.34. The molecule has 162 valence electrons. The van der Waals surface area contributed by atoms with Crippen LogP contribution in [0, 0.1) is 19.8 Å². The number of nitrogens with one attached hydrogen (secondary N) is 2. The third-order valence-electron chi connectivity index (χ3n) is 5.34. The van der Waals surface area contributed by atoms with Crippen LogP contribution in [0.4, 0.5) is 5.69 Å². The van der Waals surface area contributed by atoms with Gasteiger partial charge in [0, 0.05) is 30.8 Å². The Hall–Kier alpha value is -2.83. The molecule has 3 rings (SSSR count). The molecule has 7 heteroatoms. The Balaban J connectivity index is 1.41. The van der Waals surface area contributed by atoms with E-state index in [1.807, 2.05) is 29.8 Å². The van der Waals surface area contributed by atoms with Gasteiger partial charge in [0.2, 0.25) is 11.8 Å². The highest BCUT2D eigenvalue weighted by molar-refractivity contribution is 5.94. The number of carbonyl (C=O) groups is 2. The zero-order valence-corrected chi connectivity index (χ0v) is 18.4. The van der Waals surface area contributed by atoms with Gasteiger partial charge in [-0.25, -0.2) is 0 Å². The highest BCUT2D eigenvalue weighted by Gasteiger charge is 2.15. The van der Waals surface area contributed by atoms with Crippen molar-refractivity contribution in [3.8, 4) is 5.75 Å². The molecule has 1 aromatic carbocycles. The number of ether oxygens (including phenoxy) is 1. The Morgan fingerprint density at radius 3 is 2.87 bits per heavy atom. The summed E-state index contributed by atoms with van der Waals surface area (Å²) in [6.45, 7) is 10.2. The maximum absolute atomic E-state index is 12.2. The summed E-state index contributed by atoms with van der Waals surface area (Å²) in [6.07, 6.45) is 2.36. The number of fused-ring (bicyclic) bond motifs is 1. The van der Waals surface area contributed by atoms with E-state index < -0.39 is 0 Å². The number of aryl methyl sites for hydroxylation is 2. The van der Waals surface area contributed by atoms with E-state index in [4.69, 9.17) is 4.74 Å². The fourth-order valence-corrected chi connectivity index (χ4v) is 3.76. The van der Waals surface area contributed by atoms with E-state index in [-0.39, 0.29) is 11.8 Å². The van der Waals surface area contributed by atoms with Crippen LogP contribution in [0.15, 0.2) is 18.2 Å². The van der Waals surface area contributed by atoms with Crippen LogP contribution in [0.1, 0.15) is 49.2 Å². The molecule has 1 aromatic heterocycles. The molecule has 0 saturated heterocycles. The van der Waals surface area contributed by atoms with Crippen LogP contribution in [0.2, 0.25) is 0 Å². The first kappa shape index (κ1) is 21.9. The molecule has 0 atom stereocenters. The van der Waals surface area contributed by atoms with Gasteiger partial charge in [0.15, 0.2) is 0 Å². The molecule has 2 heterocycles. The fraction of sp³-hybridized carbons (Fsp3) is 0.522.